The quantitative estimate of drug-likeness (QED) is 0.916. The van der Waals surface area contributed by atoms with Gasteiger partial charge in [0.25, 0.3) is 0 Å². The number of pyridine rings is 2. The average Bonchev–Trinajstić information content (AvgIpc) is 2.85. The first-order valence-corrected chi connectivity index (χ1v) is 6.52. The van der Waals surface area contributed by atoms with E-state index in [1.165, 1.54) is 5.56 Å². The Hall–Kier alpha value is -2.10. The lowest BCUT2D eigenvalue weighted by molar-refractivity contribution is 0.298. The second kappa shape index (κ2) is 4.88. The van der Waals surface area contributed by atoms with Crippen LogP contribution in [0.5, 0.6) is 5.75 Å². The molecule has 0 unspecified atom stereocenters. The van der Waals surface area contributed by atoms with Crippen LogP contribution >= 0.6 is 0 Å². The minimum atomic E-state index is 0.473. The molecular weight excluding hydrogens is 238 g/mol. The van der Waals surface area contributed by atoms with Crippen LogP contribution in [0.25, 0.3) is 0 Å². The summed E-state index contributed by atoms with van der Waals surface area (Å²) in [5, 5.41) is 3.28. The van der Waals surface area contributed by atoms with Crippen molar-refractivity contribution < 1.29 is 4.74 Å². The van der Waals surface area contributed by atoms with E-state index >= 15 is 0 Å². The van der Waals surface area contributed by atoms with Crippen LogP contribution in [0, 0.1) is 13.8 Å². The van der Waals surface area contributed by atoms with E-state index in [0.717, 1.165) is 41.6 Å². The van der Waals surface area contributed by atoms with Gasteiger partial charge in [-0.1, -0.05) is 6.07 Å². The number of aromatic nitrogens is 2. The monoisotopic (exact) mass is 255 g/mol. The molecule has 0 saturated heterocycles. The Morgan fingerprint density at radius 1 is 1.16 bits per heavy atom. The molecule has 19 heavy (non-hydrogen) atoms. The van der Waals surface area contributed by atoms with Crippen LogP contribution < -0.4 is 10.1 Å². The molecule has 0 spiro atoms. The first-order valence-electron chi connectivity index (χ1n) is 6.52. The third-order valence-electron chi connectivity index (χ3n) is 3.28. The Morgan fingerprint density at radius 2 is 2.05 bits per heavy atom. The lowest BCUT2D eigenvalue weighted by Gasteiger charge is -2.09. The lowest BCUT2D eigenvalue weighted by atomic mass is 10.2. The molecule has 3 heterocycles. The van der Waals surface area contributed by atoms with Gasteiger partial charge < -0.3 is 10.1 Å². The first kappa shape index (κ1) is 12.0. The topological polar surface area (TPSA) is 47.0 Å². The smallest absolute Gasteiger partial charge is 0.141 e. The molecule has 4 heteroatoms. The molecule has 0 atom stereocenters. The Morgan fingerprint density at radius 3 is 2.89 bits per heavy atom. The summed E-state index contributed by atoms with van der Waals surface area (Å²) in [5.41, 5.74) is 4.15. The molecule has 0 radical (unpaired) electrons. The van der Waals surface area contributed by atoms with Crippen molar-refractivity contribution in [2.24, 2.45) is 0 Å². The Labute approximate surface area is 112 Å². The van der Waals surface area contributed by atoms with E-state index in [2.05, 4.69) is 21.4 Å². The fourth-order valence-corrected chi connectivity index (χ4v) is 2.26. The predicted octanol–water partition coefficient (Wildman–Crippen LogP) is 2.64. The molecule has 1 N–H and O–H groups in total. The maximum Gasteiger partial charge on any atom is 0.141 e. The zero-order chi connectivity index (χ0) is 13.2. The van der Waals surface area contributed by atoms with Gasteiger partial charge in [-0.3, -0.25) is 4.98 Å². The molecule has 0 amide bonds. The highest BCUT2D eigenvalue weighted by atomic mass is 16.5. The molecule has 0 fully saturated rings. The fourth-order valence-electron chi connectivity index (χ4n) is 2.26. The van der Waals surface area contributed by atoms with E-state index in [1.54, 1.807) is 0 Å². The molecule has 0 aromatic carbocycles. The number of ether oxygens (including phenoxy) is 1. The second-order valence-electron chi connectivity index (χ2n) is 4.81. The highest BCUT2D eigenvalue weighted by molar-refractivity contribution is 5.49. The maximum absolute atomic E-state index is 5.78. The van der Waals surface area contributed by atoms with E-state index < -0.39 is 0 Å². The fraction of sp³-hybridized carbons (Fsp3) is 0.333. The number of fused-ring (bicyclic) bond motifs is 1. The number of rotatable bonds is 3. The van der Waals surface area contributed by atoms with Crippen molar-refractivity contribution in [3.63, 3.8) is 0 Å². The normalized spacial score (nSPS) is 12.9. The Balaban J connectivity index is 1.72. The van der Waals surface area contributed by atoms with Crippen LogP contribution in [0.1, 0.15) is 22.6 Å². The molecule has 3 rings (SSSR count). The number of aryl methyl sites for hydroxylation is 2. The lowest BCUT2D eigenvalue weighted by Crippen LogP contribution is -2.02. The SMILES string of the molecule is Cc1ccc(OCc2ccc3c(n2)NCC3)c(C)n1. The predicted molar refractivity (Wildman–Crippen MR) is 74.5 cm³/mol. The number of hydrogen-bond donors (Lipinski definition) is 1. The van der Waals surface area contributed by atoms with Gasteiger partial charge in [0, 0.05) is 12.2 Å². The van der Waals surface area contributed by atoms with Gasteiger partial charge >= 0.3 is 0 Å². The van der Waals surface area contributed by atoms with Crippen molar-refractivity contribution in [1.29, 1.82) is 0 Å². The van der Waals surface area contributed by atoms with Gasteiger partial charge in [-0.05, 0) is 44.0 Å². The van der Waals surface area contributed by atoms with Crippen molar-refractivity contribution >= 4 is 5.82 Å². The van der Waals surface area contributed by atoms with Gasteiger partial charge in [0.1, 0.15) is 18.2 Å². The van der Waals surface area contributed by atoms with Crippen LogP contribution in [0.3, 0.4) is 0 Å². The van der Waals surface area contributed by atoms with Crippen molar-refractivity contribution in [2.75, 3.05) is 11.9 Å². The molecule has 2 aromatic rings. The van der Waals surface area contributed by atoms with Crippen LogP contribution in [0.15, 0.2) is 24.3 Å². The third kappa shape index (κ3) is 2.52. The maximum atomic E-state index is 5.78. The summed E-state index contributed by atoms with van der Waals surface area (Å²) < 4.78 is 5.78. The molecule has 0 bridgehead atoms. The molecule has 0 aliphatic carbocycles. The van der Waals surface area contributed by atoms with Gasteiger partial charge in [0.05, 0.1) is 11.4 Å². The summed E-state index contributed by atoms with van der Waals surface area (Å²) >= 11 is 0. The number of hydrogen-bond acceptors (Lipinski definition) is 4. The highest BCUT2D eigenvalue weighted by Gasteiger charge is 2.12. The Bertz CT molecular complexity index is 610. The van der Waals surface area contributed by atoms with E-state index in [1.807, 2.05) is 32.0 Å². The van der Waals surface area contributed by atoms with Crippen LogP contribution in [0.2, 0.25) is 0 Å². The standard InChI is InChI=1S/C15H17N3O/c1-10-3-6-14(11(2)17-10)19-9-13-5-4-12-7-8-16-15(12)18-13/h3-6H,7-9H2,1-2H3,(H,16,18). The van der Waals surface area contributed by atoms with Gasteiger partial charge in [-0.25, -0.2) is 4.98 Å². The molecule has 4 nitrogen and oxygen atoms in total. The minimum Gasteiger partial charge on any atom is -0.485 e. The van der Waals surface area contributed by atoms with Gasteiger partial charge in [0.2, 0.25) is 0 Å². The van der Waals surface area contributed by atoms with Crippen molar-refractivity contribution in [2.45, 2.75) is 26.9 Å². The van der Waals surface area contributed by atoms with E-state index in [0.29, 0.717) is 6.61 Å². The third-order valence-corrected chi connectivity index (χ3v) is 3.28. The summed E-state index contributed by atoms with van der Waals surface area (Å²) in [6, 6.07) is 8.08. The summed E-state index contributed by atoms with van der Waals surface area (Å²) in [7, 11) is 0. The number of anilines is 1. The Kier molecular flexibility index (Phi) is 3.07. The average molecular weight is 255 g/mol. The molecule has 2 aromatic heterocycles. The summed E-state index contributed by atoms with van der Waals surface area (Å²) in [6.07, 6.45) is 1.06. The van der Waals surface area contributed by atoms with Crippen molar-refractivity contribution in [1.82, 2.24) is 9.97 Å². The minimum absolute atomic E-state index is 0.473. The summed E-state index contributed by atoms with van der Waals surface area (Å²) in [6.45, 7) is 5.39. The van der Waals surface area contributed by atoms with E-state index in [9.17, 15) is 0 Å². The molecule has 0 saturated carbocycles. The highest BCUT2D eigenvalue weighted by Crippen LogP contribution is 2.21. The second-order valence-corrected chi connectivity index (χ2v) is 4.81. The molecule has 1 aliphatic heterocycles. The van der Waals surface area contributed by atoms with Crippen LogP contribution in [-0.4, -0.2) is 16.5 Å². The molecule has 1 aliphatic rings. The summed E-state index contributed by atoms with van der Waals surface area (Å²) in [5.74, 6) is 1.82. The number of nitrogens with zero attached hydrogens (tertiary/aromatic N) is 2. The van der Waals surface area contributed by atoms with Gasteiger partial charge in [0.15, 0.2) is 0 Å². The van der Waals surface area contributed by atoms with Crippen molar-refractivity contribution in [3.05, 3.63) is 46.9 Å². The van der Waals surface area contributed by atoms with Crippen LogP contribution in [0.4, 0.5) is 5.82 Å². The zero-order valence-corrected chi connectivity index (χ0v) is 11.2. The molecule has 98 valence electrons. The van der Waals surface area contributed by atoms with Crippen LogP contribution in [-0.2, 0) is 13.0 Å². The van der Waals surface area contributed by atoms with Gasteiger partial charge in [-0.2, -0.15) is 0 Å². The van der Waals surface area contributed by atoms with Gasteiger partial charge in [-0.15, -0.1) is 0 Å². The summed E-state index contributed by atoms with van der Waals surface area (Å²) in [4.78, 5) is 8.94. The number of nitrogens with one attached hydrogen (secondary N) is 1. The van der Waals surface area contributed by atoms with E-state index in [-0.39, 0.29) is 0 Å². The zero-order valence-electron chi connectivity index (χ0n) is 11.2. The largest absolute Gasteiger partial charge is 0.485 e. The van der Waals surface area contributed by atoms with Crippen molar-refractivity contribution in [3.8, 4) is 5.75 Å². The first-order chi connectivity index (χ1) is 9.22. The van der Waals surface area contributed by atoms with E-state index in [4.69, 9.17) is 4.74 Å². The molecular formula is C15H17N3O.